The van der Waals surface area contributed by atoms with Crippen LogP contribution in [-0.4, -0.2) is 50.3 Å². The average molecular weight is 793 g/mol. The zero-order chi connectivity index (χ0) is 30.6. The van der Waals surface area contributed by atoms with Crippen LogP contribution < -0.4 is 21.3 Å². The molecule has 0 fully saturated rings. The van der Waals surface area contributed by atoms with Gasteiger partial charge >= 0.3 is 12.1 Å². The predicted octanol–water partition coefficient (Wildman–Crippen LogP) is 4.82. The standard InChI is InChI=1S/C31H36N6O3.BH.U/c1-30(2,3)40-29(39)33-21-20-32-28(38)35-26-22-34-37(4)27(26)36-31(23-14-8-5-9-15-23,24-16-10-6-11-17-24)25-18-12-7-13-19-25;;/h5-19,22,36H,20-21H2,1-4H3,(H,33,39)(H2,32,35,38);1H;/i;1T;. The smallest absolute Gasteiger partial charge is 0.407 e. The van der Waals surface area contributed by atoms with Crippen LogP contribution in [-0.2, 0) is 17.3 Å². The summed E-state index contributed by atoms with van der Waals surface area (Å²) in [5.41, 5.74) is 2.20. The van der Waals surface area contributed by atoms with Crippen LogP contribution in [0.5, 0.6) is 0 Å². The Labute approximate surface area is 274 Å². The van der Waals surface area contributed by atoms with E-state index >= 15 is 0 Å². The Balaban J connectivity index is 0.00000211. The van der Waals surface area contributed by atoms with Gasteiger partial charge in [-0.05, 0) is 38.8 Å². The van der Waals surface area contributed by atoms with E-state index < -0.39 is 23.3 Å². The van der Waals surface area contributed by atoms with Crippen LogP contribution in [0.25, 0.3) is 0 Å². The van der Waals surface area contributed by atoms with E-state index in [2.05, 4.69) is 71.1 Å². The third-order valence-corrected chi connectivity index (χ3v) is 6.19. The molecule has 4 aromatic rings. The Morgan fingerprint density at radius 3 is 1.74 bits per heavy atom. The molecule has 0 aliphatic carbocycles. The van der Waals surface area contributed by atoms with E-state index in [9.17, 15) is 9.59 Å². The first-order valence-electron chi connectivity index (χ1n) is 13.8. The molecule has 4 N–H and O–H groups in total. The van der Waals surface area contributed by atoms with Crippen LogP contribution in [0.2, 0.25) is 0 Å². The minimum atomic E-state index is -0.790. The van der Waals surface area contributed by atoms with Crippen molar-refractivity contribution in [3.63, 3.8) is 0 Å². The predicted molar refractivity (Wildman–Crippen MR) is 164 cm³/mol. The van der Waals surface area contributed by atoms with Crippen molar-refractivity contribution in [1.82, 2.24) is 20.4 Å². The summed E-state index contributed by atoms with van der Waals surface area (Å²) in [5, 5.41) is 16.5. The zero-order valence-corrected chi connectivity index (χ0v) is 28.5. The number of aromatic nitrogens is 2. The van der Waals surface area contributed by atoms with E-state index in [0.29, 0.717) is 11.5 Å². The van der Waals surface area contributed by atoms with Crippen LogP contribution in [0.4, 0.5) is 21.1 Å². The molecule has 0 aliphatic heterocycles. The van der Waals surface area contributed by atoms with Gasteiger partial charge in [-0.3, -0.25) is 4.68 Å². The Morgan fingerprint density at radius 2 is 1.29 bits per heavy atom. The summed E-state index contributed by atoms with van der Waals surface area (Å²) in [6.07, 6.45) is 1.07. The maximum Gasteiger partial charge on any atom is 0.407 e. The van der Waals surface area contributed by atoms with Crippen molar-refractivity contribution in [3.8, 4) is 0 Å². The normalized spacial score (nSPS) is 11.0. The summed E-state index contributed by atoms with van der Waals surface area (Å²) in [6.45, 7) is 5.81. The number of alkyl carbamates (subject to hydrolysis) is 1. The van der Waals surface area contributed by atoms with Gasteiger partial charge in [0.15, 0.2) is 0 Å². The molecule has 3 aromatic carbocycles. The number of hydrogen-bond acceptors (Lipinski definition) is 5. The van der Waals surface area contributed by atoms with E-state index in [0.717, 1.165) is 16.7 Å². The summed E-state index contributed by atoms with van der Waals surface area (Å²) in [7, 11) is 5.57. The van der Waals surface area contributed by atoms with Crippen molar-refractivity contribution >= 4 is 32.0 Å². The number of nitrogens with zero attached hydrogens (tertiary/aromatic N) is 2. The van der Waals surface area contributed by atoms with E-state index in [1.54, 1.807) is 31.6 Å². The molecular weight excluding hydrogens is 753 g/mol. The fourth-order valence-corrected chi connectivity index (χ4v) is 4.46. The molecule has 216 valence electrons. The van der Waals surface area contributed by atoms with Crippen LogP contribution >= 0.6 is 0 Å². The molecule has 1 heterocycles. The molecule has 9 nitrogen and oxygen atoms in total. The van der Waals surface area contributed by atoms with Gasteiger partial charge in [0.2, 0.25) is 0 Å². The van der Waals surface area contributed by atoms with Crippen LogP contribution in [0.1, 0.15) is 37.5 Å². The molecular formula is C31H37BN6O3U. The Kier molecular flexibility index (Phi) is 12.1. The van der Waals surface area contributed by atoms with Crippen molar-refractivity contribution in [1.29, 1.82) is 1.34 Å². The van der Waals surface area contributed by atoms with E-state index in [4.69, 9.17) is 6.07 Å². The van der Waals surface area contributed by atoms with E-state index in [1.165, 1.54) is 0 Å². The van der Waals surface area contributed by atoms with Crippen LogP contribution in [0, 0.1) is 31.1 Å². The number of benzene rings is 3. The summed E-state index contributed by atoms with van der Waals surface area (Å²) < 4.78 is 12.2. The zero-order valence-electron chi connectivity index (χ0n) is 25.3. The molecule has 0 aliphatic rings. The first-order valence-corrected chi connectivity index (χ1v) is 13.2. The number of hydrogen-bond donors (Lipinski definition) is 4. The topological polar surface area (TPSA) is 109 Å². The second-order valence-electron chi connectivity index (χ2n) is 10.3. The summed E-state index contributed by atoms with van der Waals surface area (Å²) in [4.78, 5) is 24.6. The first kappa shape index (κ1) is 32.8. The summed E-state index contributed by atoms with van der Waals surface area (Å²) >= 11 is 0. The molecule has 0 unspecified atom stereocenters. The second kappa shape index (κ2) is 15.5. The molecule has 42 heavy (non-hydrogen) atoms. The van der Waals surface area contributed by atoms with Gasteiger partial charge in [-0.1, -0.05) is 91.0 Å². The number of ether oxygens (including phenoxy) is 1. The van der Waals surface area contributed by atoms with Crippen molar-refractivity contribution in [2.45, 2.75) is 31.9 Å². The maximum absolute atomic E-state index is 12.8. The quantitative estimate of drug-likeness (QED) is 0.111. The van der Waals surface area contributed by atoms with Gasteiger partial charge < -0.3 is 26.0 Å². The van der Waals surface area contributed by atoms with E-state index in [1.807, 2.05) is 61.6 Å². The SMILES string of the molecule is Cn1ncc(NC(=O)NCCNC(=O)OC(C)(C)C)c1NC(c1ccccc1)(c1ccccc1)c1ccccc1.[3H][B].[U]. The molecule has 0 saturated heterocycles. The van der Waals surface area contributed by atoms with Gasteiger partial charge in [0.1, 0.15) is 22.6 Å². The molecule has 11 heteroatoms. The minimum Gasteiger partial charge on any atom is -0.444 e. The van der Waals surface area contributed by atoms with Crippen LogP contribution in [0.3, 0.4) is 0 Å². The molecule has 0 atom stereocenters. The number of aryl methyl sites for hydroxylation is 1. The Bertz CT molecular complexity index is 1320. The van der Waals surface area contributed by atoms with Gasteiger partial charge in [0.05, 0.1) is 6.20 Å². The molecule has 0 bridgehead atoms. The fourth-order valence-electron chi connectivity index (χ4n) is 4.46. The van der Waals surface area contributed by atoms with Gasteiger partial charge in [0.25, 0.3) is 0 Å². The van der Waals surface area contributed by atoms with Crippen molar-refractivity contribution < 1.29 is 45.4 Å². The van der Waals surface area contributed by atoms with Crippen molar-refractivity contribution in [2.24, 2.45) is 7.05 Å². The van der Waals surface area contributed by atoms with Crippen molar-refractivity contribution in [3.05, 3.63) is 114 Å². The number of carbonyl (C=O) groups excluding carboxylic acids is 2. The third-order valence-electron chi connectivity index (χ3n) is 6.19. The number of amides is 3. The van der Waals surface area contributed by atoms with Gasteiger partial charge in [-0.15, -0.1) is 0 Å². The number of anilines is 2. The molecule has 1 aromatic heterocycles. The van der Waals surface area contributed by atoms with Gasteiger partial charge in [0, 0.05) is 59.6 Å². The first-order chi connectivity index (χ1) is 20.2. The van der Waals surface area contributed by atoms with Gasteiger partial charge in [-0.2, -0.15) is 5.10 Å². The number of carbonyl (C=O) groups is 2. The van der Waals surface area contributed by atoms with Crippen molar-refractivity contribution in [2.75, 3.05) is 23.7 Å². The second-order valence-corrected chi connectivity index (χ2v) is 10.3. The molecule has 2 radical (unpaired) electrons. The number of nitrogens with one attached hydrogen (secondary N) is 4. The molecule has 0 saturated carbocycles. The van der Waals surface area contributed by atoms with Crippen LogP contribution in [0.15, 0.2) is 97.2 Å². The largest absolute Gasteiger partial charge is 0.444 e. The van der Waals surface area contributed by atoms with E-state index in [-0.39, 0.29) is 44.2 Å². The molecule has 3 amide bonds. The monoisotopic (exact) mass is 792 g/mol. The summed E-state index contributed by atoms with van der Waals surface area (Å²) in [6, 6.07) is 30.1. The molecule has 0 spiro atoms. The molecule has 4 rings (SSSR count). The average Bonchev–Trinajstić information content (AvgIpc) is 3.33. The number of rotatable bonds is 9. The summed E-state index contributed by atoms with van der Waals surface area (Å²) in [5.74, 6) is 0.624. The maximum atomic E-state index is 12.8. The Morgan fingerprint density at radius 1 is 0.833 bits per heavy atom. The Hall–Kier alpha value is -3.67. The third kappa shape index (κ3) is 8.67. The minimum absolute atomic E-state index is 0. The number of urea groups is 1. The van der Waals surface area contributed by atoms with Gasteiger partial charge in [-0.25, -0.2) is 9.59 Å². The fraction of sp³-hybridized carbons (Fsp3) is 0.258.